The van der Waals surface area contributed by atoms with Crippen molar-refractivity contribution in [2.24, 2.45) is 0 Å². The Bertz CT molecular complexity index is 393. The molecule has 1 radical (unpaired) electrons. The highest BCUT2D eigenvalue weighted by molar-refractivity contribution is 7.83. The van der Waals surface area contributed by atoms with Crippen molar-refractivity contribution >= 4 is 23.0 Å². The van der Waals surface area contributed by atoms with Gasteiger partial charge in [-0.1, -0.05) is 42.7 Å². The van der Waals surface area contributed by atoms with E-state index in [4.69, 9.17) is 4.55 Å². The summed E-state index contributed by atoms with van der Waals surface area (Å²) in [4.78, 5) is 0. The second-order valence-electron chi connectivity index (χ2n) is 3.19. The van der Waals surface area contributed by atoms with E-state index >= 15 is 0 Å². The zero-order valence-electron chi connectivity index (χ0n) is 8.42. The molecule has 81 valence electrons. The van der Waals surface area contributed by atoms with Crippen molar-refractivity contribution < 1.29 is 13.0 Å². The number of hydrogen-bond donors (Lipinski definition) is 2. The van der Waals surface area contributed by atoms with Gasteiger partial charge in [0.15, 0.2) is 7.28 Å². The summed E-state index contributed by atoms with van der Waals surface area (Å²) in [5, 5.41) is 0. The summed E-state index contributed by atoms with van der Waals surface area (Å²) in [7, 11) is -2.38. The fraction of sp³-hybridized carbons (Fsp3) is 0.333. The van der Waals surface area contributed by atoms with Crippen molar-refractivity contribution in [1.82, 2.24) is 4.72 Å². The lowest BCUT2D eigenvalue weighted by molar-refractivity contribution is 0.463. The van der Waals surface area contributed by atoms with E-state index in [1.165, 1.54) is 0 Å². The van der Waals surface area contributed by atoms with E-state index in [1.54, 1.807) is 7.28 Å². The van der Waals surface area contributed by atoms with Gasteiger partial charge in [-0.25, -0.2) is 0 Å². The third-order valence-electron chi connectivity index (χ3n) is 1.93. The first-order valence-corrected chi connectivity index (χ1v) is 6.10. The quantitative estimate of drug-likeness (QED) is 0.554. The number of rotatable bonds is 5. The fourth-order valence-electron chi connectivity index (χ4n) is 1.22. The Hall–Kier alpha value is -0.845. The van der Waals surface area contributed by atoms with Gasteiger partial charge in [-0.2, -0.15) is 13.1 Å². The maximum absolute atomic E-state index is 10.6. The highest BCUT2D eigenvalue weighted by atomic mass is 32.2. The molecule has 0 bridgehead atoms. The van der Waals surface area contributed by atoms with Crippen LogP contribution in [0.5, 0.6) is 0 Å². The summed E-state index contributed by atoms with van der Waals surface area (Å²) in [6.45, 7) is 1.84. The van der Waals surface area contributed by atoms with E-state index in [0.717, 1.165) is 5.46 Å². The lowest BCUT2D eigenvalue weighted by Gasteiger charge is -2.13. The Morgan fingerprint density at radius 3 is 2.47 bits per heavy atom. The van der Waals surface area contributed by atoms with Crippen LogP contribution in [0.25, 0.3) is 0 Å². The molecule has 0 fully saturated rings. The van der Waals surface area contributed by atoms with Gasteiger partial charge in [0.2, 0.25) is 0 Å². The topological polar surface area (TPSA) is 66.4 Å². The van der Waals surface area contributed by atoms with Gasteiger partial charge >= 0.3 is 10.3 Å². The van der Waals surface area contributed by atoms with Crippen LogP contribution in [0.1, 0.15) is 13.3 Å². The molecule has 0 saturated heterocycles. The molecule has 2 N–H and O–H groups in total. The lowest BCUT2D eigenvalue weighted by atomic mass is 9.63. The van der Waals surface area contributed by atoms with E-state index in [1.807, 2.05) is 37.3 Å². The largest absolute Gasteiger partial charge is 0.332 e. The summed E-state index contributed by atoms with van der Waals surface area (Å²) in [6, 6.07) is 9.36. The Kier molecular flexibility index (Phi) is 4.32. The Labute approximate surface area is 90.8 Å². The normalized spacial score (nSPS) is 13.5. The summed E-state index contributed by atoms with van der Waals surface area (Å²) >= 11 is 0. The van der Waals surface area contributed by atoms with Crippen LogP contribution < -0.4 is 10.2 Å². The van der Waals surface area contributed by atoms with Gasteiger partial charge in [0.1, 0.15) is 0 Å². The van der Waals surface area contributed by atoms with Gasteiger partial charge in [-0.3, -0.25) is 4.55 Å². The third-order valence-corrected chi connectivity index (χ3v) is 2.53. The van der Waals surface area contributed by atoms with Crippen molar-refractivity contribution in [3.05, 3.63) is 30.3 Å². The van der Waals surface area contributed by atoms with Gasteiger partial charge in [-0.05, 0) is 12.4 Å². The minimum atomic E-state index is -4.14. The molecule has 0 aromatic heterocycles. The highest BCUT2D eigenvalue weighted by Crippen LogP contribution is 1.92. The average molecular weight is 226 g/mol. The molecular weight excluding hydrogens is 213 g/mol. The van der Waals surface area contributed by atoms with Gasteiger partial charge in [0, 0.05) is 0 Å². The zero-order valence-corrected chi connectivity index (χ0v) is 9.24. The standard InChI is InChI=1S/C9H13BNO3S/c1-2-9(11-15(12,13)14)10-8-6-4-3-5-7-8/h3-7,9,11H,2H2,1H3,(H,12,13,14). The fourth-order valence-corrected chi connectivity index (χ4v) is 1.84. The van der Waals surface area contributed by atoms with Crippen molar-refractivity contribution in [3.63, 3.8) is 0 Å². The molecule has 4 nitrogen and oxygen atoms in total. The van der Waals surface area contributed by atoms with Crippen molar-refractivity contribution in [2.75, 3.05) is 0 Å². The molecule has 1 unspecified atom stereocenters. The molecule has 0 heterocycles. The van der Waals surface area contributed by atoms with E-state index < -0.39 is 10.3 Å². The Balaban J connectivity index is 2.63. The van der Waals surface area contributed by atoms with Crippen molar-refractivity contribution in [1.29, 1.82) is 0 Å². The predicted octanol–water partition coefficient (Wildman–Crippen LogP) is 0.145. The van der Waals surface area contributed by atoms with Crippen molar-refractivity contribution in [3.8, 4) is 0 Å². The van der Waals surface area contributed by atoms with Gasteiger partial charge in [-0.15, -0.1) is 0 Å². The Morgan fingerprint density at radius 1 is 1.40 bits per heavy atom. The number of hydrogen-bond acceptors (Lipinski definition) is 2. The summed E-state index contributed by atoms with van der Waals surface area (Å²) in [5.74, 6) is -0.387. The monoisotopic (exact) mass is 226 g/mol. The maximum atomic E-state index is 10.6. The van der Waals surface area contributed by atoms with Crippen LogP contribution in [0.2, 0.25) is 0 Å². The van der Waals surface area contributed by atoms with Crippen molar-refractivity contribution in [2.45, 2.75) is 19.3 Å². The summed E-state index contributed by atoms with van der Waals surface area (Å²) in [5.41, 5.74) is 0.917. The molecule has 1 aromatic carbocycles. The van der Waals surface area contributed by atoms with Gasteiger partial charge < -0.3 is 0 Å². The molecular formula is C9H13BNO3S. The van der Waals surface area contributed by atoms with E-state index in [2.05, 4.69) is 4.72 Å². The SMILES string of the molecule is CCC([B]c1ccccc1)NS(=O)(=O)O. The van der Waals surface area contributed by atoms with Crippen LogP contribution in [0.3, 0.4) is 0 Å². The molecule has 0 saturated carbocycles. The van der Waals surface area contributed by atoms with Crippen LogP contribution in [0.4, 0.5) is 0 Å². The maximum Gasteiger partial charge on any atom is 0.332 e. The van der Waals surface area contributed by atoms with E-state index in [-0.39, 0.29) is 5.94 Å². The predicted molar refractivity (Wildman–Crippen MR) is 60.6 cm³/mol. The van der Waals surface area contributed by atoms with Gasteiger partial charge in [0.05, 0.1) is 0 Å². The number of benzene rings is 1. The summed E-state index contributed by atoms with van der Waals surface area (Å²) < 4.78 is 32.0. The van der Waals surface area contributed by atoms with E-state index in [0.29, 0.717) is 6.42 Å². The minimum Gasteiger partial charge on any atom is -0.273 e. The molecule has 0 amide bonds. The van der Waals surface area contributed by atoms with Crippen LogP contribution in [-0.2, 0) is 10.3 Å². The summed E-state index contributed by atoms with van der Waals surface area (Å²) in [6.07, 6.45) is 0.578. The van der Waals surface area contributed by atoms with E-state index in [9.17, 15) is 8.42 Å². The van der Waals surface area contributed by atoms with Crippen LogP contribution in [-0.4, -0.2) is 26.2 Å². The minimum absolute atomic E-state index is 0.387. The lowest BCUT2D eigenvalue weighted by Crippen LogP contribution is -2.42. The molecule has 1 atom stereocenters. The molecule has 0 spiro atoms. The van der Waals surface area contributed by atoms with Crippen LogP contribution in [0, 0.1) is 0 Å². The first-order valence-electron chi connectivity index (χ1n) is 4.66. The first-order chi connectivity index (χ1) is 7.01. The van der Waals surface area contributed by atoms with Crippen LogP contribution in [0.15, 0.2) is 30.3 Å². The zero-order chi connectivity index (χ0) is 11.3. The molecule has 1 aromatic rings. The molecule has 0 aliphatic heterocycles. The van der Waals surface area contributed by atoms with Crippen LogP contribution >= 0.6 is 0 Å². The first kappa shape index (κ1) is 12.2. The highest BCUT2D eigenvalue weighted by Gasteiger charge is 2.14. The molecule has 15 heavy (non-hydrogen) atoms. The number of nitrogens with one attached hydrogen (secondary N) is 1. The molecule has 0 aliphatic carbocycles. The Morgan fingerprint density at radius 2 is 2.00 bits per heavy atom. The molecule has 1 rings (SSSR count). The van der Waals surface area contributed by atoms with Gasteiger partial charge in [0.25, 0.3) is 0 Å². The second-order valence-corrected chi connectivity index (χ2v) is 4.37. The molecule has 0 aliphatic rings. The second kappa shape index (κ2) is 5.30. The average Bonchev–Trinajstić information content (AvgIpc) is 2.16. The molecule has 6 heteroatoms. The smallest absolute Gasteiger partial charge is 0.273 e. The third kappa shape index (κ3) is 4.97.